The summed E-state index contributed by atoms with van der Waals surface area (Å²) in [5.41, 5.74) is 4.69. The van der Waals surface area contributed by atoms with Crippen molar-refractivity contribution < 1.29 is 9.53 Å². The zero-order valence-electron chi connectivity index (χ0n) is 10.9. The standard InChI is InChI=1S/C17H16O2/c1-2-19-17(18)16-11-12-7-3-4-8-13(12)14-9-5-6-10-15(14)16/h3-10,16H,2,11H2,1H3. The van der Waals surface area contributed by atoms with E-state index in [1.54, 1.807) is 0 Å². The van der Waals surface area contributed by atoms with Crippen molar-refractivity contribution in [2.24, 2.45) is 0 Å². The van der Waals surface area contributed by atoms with Crippen molar-refractivity contribution in [2.45, 2.75) is 19.3 Å². The predicted molar refractivity (Wildman–Crippen MR) is 75.0 cm³/mol. The number of hydrogen-bond donors (Lipinski definition) is 0. The molecule has 1 atom stereocenters. The van der Waals surface area contributed by atoms with E-state index in [2.05, 4.69) is 18.2 Å². The normalized spacial score (nSPS) is 16.4. The van der Waals surface area contributed by atoms with Crippen molar-refractivity contribution in [3.63, 3.8) is 0 Å². The number of rotatable bonds is 2. The van der Waals surface area contributed by atoms with Crippen molar-refractivity contribution in [3.8, 4) is 11.1 Å². The SMILES string of the molecule is CCOC(=O)C1Cc2ccccc2-c2ccccc21. The number of ether oxygens (including phenoxy) is 1. The van der Waals surface area contributed by atoms with Gasteiger partial charge in [-0.15, -0.1) is 0 Å². The molecule has 3 rings (SSSR count). The Labute approximate surface area is 113 Å². The van der Waals surface area contributed by atoms with Crippen LogP contribution >= 0.6 is 0 Å². The van der Waals surface area contributed by atoms with Crippen LogP contribution < -0.4 is 0 Å². The van der Waals surface area contributed by atoms with Crippen molar-refractivity contribution in [1.29, 1.82) is 0 Å². The highest BCUT2D eigenvalue weighted by molar-refractivity contribution is 5.86. The Hall–Kier alpha value is -2.09. The van der Waals surface area contributed by atoms with Crippen molar-refractivity contribution in [3.05, 3.63) is 59.7 Å². The predicted octanol–water partition coefficient (Wildman–Crippen LogP) is 3.56. The fourth-order valence-corrected chi connectivity index (χ4v) is 2.79. The van der Waals surface area contributed by atoms with Crippen LogP contribution in [-0.2, 0) is 16.0 Å². The minimum atomic E-state index is -0.175. The van der Waals surface area contributed by atoms with Gasteiger partial charge < -0.3 is 4.74 Å². The minimum Gasteiger partial charge on any atom is -0.466 e. The van der Waals surface area contributed by atoms with Crippen molar-refractivity contribution in [1.82, 2.24) is 0 Å². The molecule has 0 radical (unpaired) electrons. The summed E-state index contributed by atoms with van der Waals surface area (Å²) in [4.78, 5) is 12.1. The highest BCUT2D eigenvalue weighted by Gasteiger charge is 2.30. The summed E-state index contributed by atoms with van der Waals surface area (Å²) in [6, 6.07) is 16.4. The second-order valence-electron chi connectivity index (χ2n) is 4.75. The Bertz CT molecular complexity index is 616. The van der Waals surface area contributed by atoms with Gasteiger partial charge in [0.1, 0.15) is 0 Å². The van der Waals surface area contributed by atoms with Gasteiger partial charge in [0, 0.05) is 0 Å². The topological polar surface area (TPSA) is 26.3 Å². The van der Waals surface area contributed by atoms with Gasteiger partial charge in [-0.2, -0.15) is 0 Å². The van der Waals surface area contributed by atoms with Crippen molar-refractivity contribution >= 4 is 5.97 Å². The molecule has 0 saturated heterocycles. The Morgan fingerprint density at radius 2 is 1.79 bits per heavy atom. The highest BCUT2D eigenvalue weighted by atomic mass is 16.5. The summed E-state index contributed by atoms with van der Waals surface area (Å²) in [7, 11) is 0. The van der Waals surface area contributed by atoms with Gasteiger partial charge in [0.05, 0.1) is 12.5 Å². The maximum atomic E-state index is 12.1. The summed E-state index contributed by atoms with van der Waals surface area (Å²) in [5, 5.41) is 0. The number of hydrogen-bond acceptors (Lipinski definition) is 2. The first kappa shape index (κ1) is 12.0. The second-order valence-corrected chi connectivity index (χ2v) is 4.75. The number of esters is 1. The van der Waals surface area contributed by atoms with Gasteiger partial charge >= 0.3 is 5.97 Å². The molecule has 1 aliphatic rings. The van der Waals surface area contributed by atoms with E-state index in [1.807, 2.05) is 37.3 Å². The van der Waals surface area contributed by atoms with Gasteiger partial charge in [-0.1, -0.05) is 48.5 Å². The Morgan fingerprint density at radius 3 is 2.58 bits per heavy atom. The molecule has 2 nitrogen and oxygen atoms in total. The van der Waals surface area contributed by atoms with E-state index >= 15 is 0 Å². The zero-order valence-corrected chi connectivity index (χ0v) is 10.9. The van der Waals surface area contributed by atoms with Gasteiger partial charge in [0.2, 0.25) is 0 Å². The largest absolute Gasteiger partial charge is 0.466 e. The smallest absolute Gasteiger partial charge is 0.313 e. The average molecular weight is 252 g/mol. The second kappa shape index (κ2) is 4.88. The summed E-state index contributed by atoms with van der Waals surface area (Å²) < 4.78 is 5.21. The third-order valence-electron chi connectivity index (χ3n) is 3.64. The van der Waals surface area contributed by atoms with Gasteiger partial charge in [-0.05, 0) is 35.6 Å². The molecule has 2 aromatic carbocycles. The monoisotopic (exact) mass is 252 g/mol. The van der Waals surface area contributed by atoms with E-state index < -0.39 is 0 Å². The Balaban J connectivity index is 2.11. The molecule has 0 bridgehead atoms. The summed E-state index contributed by atoms with van der Waals surface area (Å²) in [5.74, 6) is -0.296. The van der Waals surface area contributed by atoms with Crippen LogP contribution in [0.25, 0.3) is 11.1 Å². The zero-order chi connectivity index (χ0) is 13.2. The Morgan fingerprint density at radius 1 is 1.11 bits per heavy atom. The number of fused-ring (bicyclic) bond motifs is 3. The van der Waals surface area contributed by atoms with Gasteiger partial charge in [0.25, 0.3) is 0 Å². The fourth-order valence-electron chi connectivity index (χ4n) is 2.79. The number of benzene rings is 2. The molecular formula is C17H16O2. The molecule has 96 valence electrons. The van der Waals surface area contributed by atoms with Crippen LogP contribution in [0.1, 0.15) is 24.0 Å². The van der Waals surface area contributed by atoms with Gasteiger partial charge in [-0.3, -0.25) is 4.79 Å². The highest BCUT2D eigenvalue weighted by Crippen LogP contribution is 2.39. The van der Waals surface area contributed by atoms with E-state index in [4.69, 9.17) is 4.74 Å². The summed E-state index contributed by atoms with van der Waals surface area (Å²) in [6.07, 6.45) is 0.728. The van der Waals surface area contributed by atoms with E-state index in [9.17, 15) is 4.79 Å². The first-order valence-corrected chi connectivity index (χ1v) is 6.65. The van der Waals surface area contributed by atoms with Gasteiger partial charge in [0.15, 0.2) is 0 Å². The maximum absolute atomic E-state index is 12.1. The van der Waals surface area contributed by atoms with Crippen LogP contribution in [0.3, 0.4) is 0 Å². The lowest BCUT2D eigenvalue weighted by molar-refractivity contribution is -0.145. The van der Waals surface area contributed by atoms with Crippen LogP contribution in [-0.4, -0.2) is 12.6 Å². The molecule has 0 spiro atoms. The number of carbonyl (C=O) groups excluding carboxylic acids is 1. The molecule has 1 aliphatic carbocycles. The molecule has 0 N–H and O–H groups in total. The third-order valence-corrected chi connectivity index (χ3v) is 3.64. The first-order valence-electron chi connectivity index (χ1n) is 6.65. The van der Waals surface area contributed by atoms with E-state index in [1.165, 1.54) is 11.1 Å². The summed E-state index contributed by atoms with van der Waals surface area (Å²) in [6.45, 7) is 2.28. The molecule has 1 unspecified atom stereocenters. The van der Waals surface area contributed by atoms with E-state index in [-0.39, 0.29) is 11.9 Å². The van der Waals surface area contributed by atoms with Crippen LogP contribution in [0, 0.1) is 0 Å². The molecule has 0 saturated carbocycles. The van der Waals surface area contributed by atoms with E-state index in [0.29, 0.717) is 6.61 Å². The lowest BCUT2D eigenvalue weighted by Gasteiger charge is -2.26. The molecule has 0 amide bonds. The average Bonchev–Trinajstić information content (AvgIpc) is 2.46. The molecule has 19 heavy (non-hydrogen) atoms. The molecule has 2 aromatic rings. The lowest BCUT2D eigenvalue weighted by Crippen LogP contribution is -2.22. The quantitative estimate of drug-likeness (QED) is 0.764. The first-order chi connectivity index (χ1) is 9.31. The van der Waals surface area contributed by atoms with Crippen LogP contribution in [0.2, 0.25) is 0 Å². The Kier molecular flexibility index (Phi) is 3.08. The van der Waals surface area contributed by atoms with Crippen LogP contribution in [0.4, 0.5) is 0 Å². The number of carbonyl (C=O) groups is 1. The maximum Gasteiger partial charge on any atom is 0.313 e. The molecule has 0 aromatic heterocycles. The molecule has 0 aliphatic heterocycles. The molecule has 2 heteroatoms. The van der Waals surface area contributed by atoms with Gasteiger partial charge in [-0.25, -0.2) is 0 Å². The fraction of sp³-hybridized carbons (Fsp3) is 0.235. The minimum absolute atomic E-state index is 0.121. The van der Waals surface area contributed by atoms with Crippen LogP contribution in [0.15, 0.2) is 48.5 Å². The van der Waals surface area contributed by atoms with E-state index in [0.717, 1.165) is 17.5 Å². The third kappa shape index (κ3) is 2.03. The molecule has 0 heterocycles. The van der Waals surface area contributed by atoms with Crippen LogP contribution in [0.5, 0.6) is 0 Å². The lowest BCUT2D eigenvalue weighted by atomic mass is 9.79. The molecular weight excluding hydrogens is 236 g/mol. The molecule has 0 fully saturated rings. The van der Waals surface area contributed by atoms with Crippen molar-refractivity contribution in [2.75, 3.05) is 6.61 Å². The summed E-state index contributed by atoms with van der Waals surface area (Å²) >= 11 is 0.